The van der Waals surface area contributed by atoms with E-state index in [1.807, 2.05) is 24.3 Å². The molecule has 156 valence electrons. The molecule has 0 aliphatic carbocycles. The number of amides is 1. The van der Waals surface area contributed by atoms with Crippen molar-refractivity contribution in [3.63, 3.8) is 0 Å². The maximum Gasteiger partial charge on any atom is 0.416 e. The number of hydrogen-bond acceptors (Lipinski definition) is 3. The minimum atomic E-state index is -4.53. The number of halogens is 3. The first-order chi connectivity index (χ1) is 13.7. The number of benzene rings is 2. The Labute approximate surface area is 167 Å². The molecule has 1 aliphatic rings. The first-order valence-corrected chi connectivity index (χ1v) is 10.8. The van der Waals surface area contributed by atoms with Crippen LogP contribution >= 0.6 is 0 Å². The standard InChI is InChI=1S/C20H21F3N2O3S/c21-20(22,23)18-8-3-7-16(13-18)19(26)24-10-4-12-29(27,28)25-11-9-15-5-1-2-6-17(15)14-25/h1-3,5-8,13H,4,9-12,14H2,(H,24,26). The van der Waals surface area contributed by atoms with Gasteiger partial charge >= 0.3 is 6.18 Å². The van der Waals surface area contributed by atoms with Crippen LogP contribution in [0.1, 0.15) is 33.5 Å². The first kappa shape index (κ1) is 21.3. The predicted octanol–water partition coefficient (Wildman–Crippen LogP) is 3.21. The number of nitrogens with one attached hydrogen (secondary N) is 1. The van der Waals surface area contributed by atoms with Crippen LogP contribution in [-0.4, -0.2) is 37.5 Å². The fourth-order valence-electron chi connectivity index (χ4n) is 3.23. The fraction of sp³-hybridized carbons (Fsp3) is 0.350. The highest BCUT2D eigenvalue weighted by Crippen LogP contribution is 2.29. The van der Waals surface area contributed by atoms with Gasteiger partial charge in [-0.2, -0.15) is 17.5 Å². The van der Waals surface area contributed by atoms with E-state index in [-0.39, 0.29) is 24.3 Å². The van der Waals surface area contributed by atoms with Crippen molar-refractivity contribution in [2.75, 3.05) is 18.8 Å². The quantitative estimate of drug-likeness (QED) is 0.722. The summed E-state index contributed by atoms with van der Waals surface area (Å²) in [7, 11) is -3.48. The molecule has 1 aliphatic heterocycles. The monoisotopic (exact) mass is 426 g/mol. The number of nitrogens with zero attached hydrogens (tertiary/aromatic N) is 1. The van der Waals surface area contributed by atoms with E-state index in [1.54, 1.807) is 0 Å². The number of fused-ring (bicyclic) bond motifs is 1. The van der Waals surface area contributed by atoms with Crippen LogP contribution in [0.25, 0.3) is 0 Å². The summed E-state index contributed by atoms with van der Waals surface area (Å²) in [5.74, 6) is -0.807. The van der Waals surface area contributed by atoms with Crippen LogP contribution in [-0.2, 0) is 29.2 Å². The Morgan fingerprint density at radius 1 is 1.07 bits per heavy atom. The Morgan fingerprint density at radius 3 is 2.52 bits per heavy atom. The topological polar surface area (TPSA) is 66.5 Å². The molecule has 9 heteroatoms. The largest absolute Gasteiger partial charge is 0.416 e. The normalized spacial score (nSPS) is 15.0. The van der Waals surface area contributed by atoms with Crippen molar-refractivity contribution in [1.29, 1.82) is 0 Å². The predicted molar refractivity (Wildman–Crippen MR) is 103 cm³/mol. The number of hydrogen-bond donors (Lipinski definition) is 1. The van der Waals surface area contributed by atoms with Gasteiger partial charge in [0.15, 0.2) is 0 Å². The van der Waals surface area contributed by atoms with Crippen LogP contribution in [0, 0.1) is 0 Å². The van der Waals surface area contributed by atoms with Gasteiger partial charge in [-0.25, -0.2) is 8.42 Å². The van der Waals surface area contributed by atoms with Crippen LogP contribution in [0.15, 0.2) is 48.5 Å². The van der Waals surface area contributed by atoms with Crippen LogP contribution in [0.2, 0.25) is 0 Å². The second kappa shape index (κ2) is 8.54. The highest BCUT2D eigenvalue weighted by molar-refractivity contribution is 7.89. The number of sulfonamides is 1. The zero-order valence-electron chi connectivity index (χ0n) is 15.6. The Balaban J connectivity index is 1.51. The smallest absolute Gasteiger partial charge is 0.352 e. The summed E-state index contributed by atoms with van der Waals surface area (Å²) >= 11 is 0. The summed E-state index contributed by atoms with van der Waals surface area (Å²) in [6.07, 6.45) is -3.70. The van der Waals surface area contributed by atoms with Crippen molar-refractivity contribution < 1.29 is 26.4 Å². The molecule has 1 heterocycles. The van der Waals surface area contributed by atoms with Crippen molar-refractivity contribution >= 4 is 15.9 Å². The summed E-state index contributed by atoms with van der Waals surface area (Å²) < 4.78 is 64.7. The van der Waals surface area contributed by atoms with Crippen LogP contribution in [0.4, 0.5) is 13.2 Å². The van der Waals surface area contributed by atoms with Crippen molar-refractivity contribution in [3.05, 3.63) is 70.8 Å². The molecular formula is C20H21F3N2O3S. The van der Waals surface area contributed by atoms with Gasteiger partial charge in [-0.15, -0.1) is 0 Å². The molecule has 1 amide bonds. The molecule has 1 N–H and O–H groups in total. The lowest BCUT2D eigenvalue weighted by atomic mass is 10.0. The number of alkyl halides is 3. The second-order valence-electron chi connectivity index (χ2n) is 6.86. The van der Waals surface area contributed by atoms with Crippen molar-refractivity contribution in [1.82, 2.24) is 9.62 Å². The summed E-state index contributed by atoms with van der Waals surface area (Å²) in [4.78, 5) is 12.0. The number of carbonyl (C=O) groups is 1. The maximum atomic E-state index is 12.7. The third-order valence-corrected chi connectivity index (χ3v) is 6.71. The summed E-state index contributed by atoms with van der Waals surface area (Å²) in [5, 5.41) is 2.48. The maximum absolute atomic E-state index is 12.7. The van der Waals surface area contributed by atoms with Gasteiger partial charge < -0.3 is 5.32 Å². The average Bonchev–Trinajstić information content (AvgIpc) is 2.70. The van der Waals surface area contributed by atoms with Gasteiger partial charge in [-0.3, -0.25) is 4.79 Å². The average molecular weight is 426 g/mol. The molecule has 0 bridgehead atoms. The Hall–Kier alpha value is -2.39. The molecular weight excluding hydrogens is 405 g/mol. The lowest BCUT2D eigenvalue weighted by Crippen LogP contribution is -2.38. The highest BCUT2D eigenvalue weighted by atomic mass is 32.2. The molecule has 0 fully saturated rings. The van der Waals surface area contributed by atoms with E-state index in [1.165, 1.54) is 10.4 Å². The van der Waals surface area contributed by atoms with E-state index in [2.05, 4.69) is 5.32 Å². The minimum absolute atomic E-state index is 0.0543. The molecule has 29 heavy (non-hydrogen) atoms. The summed E-state index contributed by atoms with van der Waals surface area (Å²) in [6.45, 7) is 0.795. The van der Waals surface area contributed by atoms with E-state index in [4.69, 9.17) is 0 Å². The third kappa shape index (κ3) is 5.36. The van der Waals surface area contributed by atoms with Crippen LogP contribution in [0.5, 0.6) is 0 Å². The zero-order valence-corrected chi connectivity index (χ0v) is 16.4. The Morgan fingerprint density at radius 2 is 1.79 bits per heavy atom. The lowest BCUT2D eigenvalue weighted by Gasteiger charge is -2.28. The van der Waals surface area contributed by atoms with Crippen molar-refractivity contribution in [2.45, 2.75) is 25.6 Å². The Bertz CT molecular complexity index is 990. The van der Waals surface area contributed by atoms with E-state index in [0.717, 1.165) is 29.3 Å². The van der Waals surface area contributed by atoms with E-state index in [9.17, 15) is 26.4 Å². The summed E-state index contributed by atoms with van der Waals surface area (Å²) in [6, 6.07) is 11.8. The van der Waals surface area contributed by atoms with Crippen molar-refractivity contribution in [2.24, 2.45) is 0 Å². The van der Waals surface area contributed by atoms with Gasteiger partial charge in [0, 0.05) is 25.2 Å². The number of rotatable bonds is 6. The lowest BCUT2D eigenvalue weighted by molar-refractivity contribution is -0.137. The molecule has 0 saturated carbocycles. The first-order valence-electron chi connectivity index (χ1n) is 9.17. The molecule has 0 radical (unpaired) electrons. The van der Waals surface area contributed by atoms with Gasteiger partial charge in [0.05, 0.1) is 11.3 Å². The molecule has 0 aromatic heterocycles. The molecule has 0 spiro atoms. The molecule has 0 atom stereocenters. The van der Waals surface area contributed by atoms with Crippen LogP contribution < -0.4 is 5.32 Å². The molecule has 2 aromatic carbocycles. The molecule has 0 unspecified atom stereocenters. The van der Waals surface area contributed by atoms with Gasteiger partial charge in [0.2, 0.25) is 10.0 Å². The van der Waals surface area contributed by atoms with E-state index in [0.29, 0.717) is 19.5 Å². The molecule has 3 rings (SSSR count). The summed E-state index contributed by atoms with van der Waals surface area (Å²) in [5.41, 5.74) is 1.11. The number of carbonyl (C=O) groups excluding carboxylic acids is 1. The van der Waals surface area contributed by atoms with Crippen LogP contribution in [0.3, 0.4) is 0 Å². The molecule has 0 saturated heterocycles. The molecule has 2 aromatic rings. The third-order valence-electron chi connectivity index (χ3n) is 4.81. The minimum Gasteiger partial charge on any atom is -0.352 e. The van der Waals surface area contributed by atoms with Gasteiger partial charge in [0.25, 0.3) is 5.91 Å². The van der Waals surface area contributed by atoms with E-state index < -0.39 is 27.7 Å². The SMILES string of the molecule is O=C(NCCCS(=O)(=O)N1CCc2ccccc2C1)c1cccc(C(F)(F)F)c1. The zero-order chi connectivity index (χ0) is 21.1. The van der Waals surface area contributed by atoms with E-state index >= 15 is 0 Å². The Kier molecular flexibility index (Phi) is 6.28. The highest BCUT2D eigenvalue weighted by Gasteiger charge is 2.31. The van der Waals surface area contributed by atoms with Crippen molar-refractivity contribution in [3.8, 4) is 0 Å². The molecule has 5 nitrogen and oxygen atoms in total. The van der Waals surface area contributed by atoms with Gasteiger partial charge in [-0.05, 0) is 42.2 Å². The second-order valence-corrected chi connectivity index (χ2v) is 8.94. The fourth-order valence-corrected chi connectivity index (χ4v) is 4.70. The van der Waals surface area contributed by atoms with Gasteiger partial charge in [0.1, 0.15) is 0 Å². The van der Waals surface area contributed by atoms with Gasteiger partial charge in [-0.1, -0.05) is 30.3 Å².